The van der Waals surface area contributed by atoms with E-state index < -0.39 is 0 Å². The maximum Gasteiger partial charge on any atom is 0.195 e. The number of hydrogen-bond acceptors (Lipinski definition) is 5. The van der Waals surface area contributed by atoms with E-state index in [-0.39, 0.29) is 12.4 Å². The summed E-state index contributed by atoms with van der Waals surface area (Å²) in [5.41, 5.74) is 0. The van der Waals surface area contributed by atoms with Crippen molar-refractivity contribution in [1.29, 1.82) is 0 Å². The lowest BCUT2D eigenvalue weighted by Gasteiger charge is -2.08. The lowest BCUT2D eigenvalue weighted by molar-refractivity contribution is 0.105. The molecule has 0 aliphatic carbocycles. The molecule has 3 aromatic rings. The molecule has 0 fully saturated rings. The Labute approximate surface area is 156 Å². The quantitative estimate of drug-likeness (QED) is 0.395. The summed E-state index contributed by atoms with van der Waals surface area (Å²) >= 11 is 1.53. The fraction of sp³-hybridized carbons (Fsp3) is 0.190. The van der Waals surface area contributed by atoms with Gasteiger partial charge < -0.3 is 13.9 Å². The standard InChI is InChI=1S/C21H20O4S/c1-3-17-11-13-21(26-17)18(22)12-10-15-8-9-16(25-15)14-24-20-7-5-4-6-19(20)23-2/h4-13H,3,14H2,1-2H3/b12-10+. The van der Waals surface area contributed by atoms with E-state index in [1.54, 1.807) is 13.2 Å². The molecule has 2 heterocycles. The molecule has 0 radical (unpaired) electrons. The summed E-state index contributed by atoms with van der Waals surface area (Å²) in [6, 6.07) is 15.0. The number of furan rings is 1. The highest BCUT2D eigenvalue weighted by molar-refractivity contribution is 7.14. The van der Waals surface area contributed by atoms with Gasteiger partial charge in [-0.25, -0.2) is 0 Å². The Hall–Kier alpha value is -2.79. The molecule has 26 heavy (non-hydrogen) atoms. The Morgan fingerprint density at radius 2 is 1.92 bits per heavy atom. The number of methoxy groups -OCH3 is 1. The van der Waals surface area contributed by atoms with Crippen LogP contribution in [0.1, 0.15) is 33.0 Å². The fourth-order valence-corrected chi connectivity index (χ4v) is 3.26. The Kier molecular flexibility index (Phi) is 5.92. The predicted octanol–water partition coefficient (Wildman–Crippen LogP) is 5.39. The van der Waals surface area contributed by atoms with Crippen LogP contribution in [0.25, 0.3) is 6.08 Å². The zero-order chi connectivity index (χ0) is 18.4. The molecule has 0 unspecified atom stereocenters. The van der Waals surface area contributed by atoms with E-state index in [4.69, 9.17) is 13.9 Å². The van der Waals surface area contributed by atoms with Crippen molar-refractivity contribution in [2.24, 2.45) is 0 Å². The number of allylic oxidation sites excluding steroid dienone is 1. The van der Waals surface area contributed by atoms with Gasteiger partial charge in [0.25, 0.3) is 0 Å². The molecule has 0 aliphatic rings. The number of aryl methyl sites for hydroxylation is 1. The number of carbonyl (C=O) groups excluding carboxylic acids is 1. The third kappa shape index (κ3) is 4.43. The first kappa shape index (κ1) is 18.0. The molecule has 0 bridgehead atoms. The van der Waals surface area contributed by atoms with Gasteiger partial charge in [-0.05, 0) is 55.0 Å². The number of thiophene rings is 1. The summed E-state index contributed by atoms with van der Waals surface area (Å²) in [5, 5.41) is 0. The fourth-order valence-electron chi connectivity index (χ4n) is 2.39. The molecular weight excluding hydrogens is 348 g/mol. The van der Waals surface area contributed by atoms with E-state index in [0.717, 1.165) is 11.3 Å². The van der Waals surface area contributed by atoms with E-state index in [1.807, 2.05) is 48.5 Å². The molecule has 0 amide bonds. The van der Waals surface area contributed by atoms with E-state index in [0.29, 0.717) is 23.0 Å². The number of rotatable bonds is 8. The average molecular weight is 368 g/mol. The molecule has 0 aliphatic heterocycles. The molecular formula is C21H20O4S. The van der Waals surface area contributed by atoms with Crippen LogP contribution in [-0.4, -0.2) is 12.9 Å². The second-order valence-electron chi connectivity index (χ2n) is 5.56. The van der Waals surface area contributed by atoms with E-state index in [1.165, 1.54) is 22.3 Å². The normalized spacial score (nSPS) is 11.0. The van der Waals surface area contributed by atoms with Crippen LogP contribution in [0.5, 0.6) is 11.5 Å². The van der Waals surface area contributed by atoms with Crippen LogP contribution in [0, 0.1) is 0 Å². The summed E-state index contributed by atoms with van der Waals surface area (Å²) in [4.78, 5) is 14.1. The predicted molar refractivity (Wildman–Crippen MR) is 103 cm³/mol. The van der Waals surface area contributed by atoms with Crippen molar-refractivity contribution in [3.05, 3.63) is 75.9 Å². The number of hydrogen-bond donors (Lipinski definition) is 0. The van der Waals surface area contributed by atoms with Crippen LogP contribution in [-0.2, 0) is 13.0 Å². The molecule has 1 aromatic carbocycles. The Morgan fingerprint density at radius 1 is 1.12 bits per heavy atom. The van der Waals surface area contributed by atoms with Crippen molar-refractivity contribution < 1.29 is 18.7 Å². The van der Waals surface area contributed by atoms with Crippen molar-refractivity contribution in [3.63, 3.8) is 0 Å². The minimum absolute atomic E-state index is 0.0158. The van der Waals surface area contributed by atoms with Gasteiger partial charge in [-0.2, -0.15) is 0 Å². The molecule has 4 nitrogen and oxygen atoms in total. The zero-order valence-corrected chi connectivity index (χ0v) is 15.5. The van der Waals surface area contributed by atoms with Crippen LogP contribution in [0.15, 0.2) is 59.0 Å². The van der Waals surface area contributed by atoms with Gasteiger partial charge in [-0.1, -0.05) is 19.1 Å². The third-order valence-corrected chi connectivity index (χ3v) is 5.02. The molecule has 0 atom stereocenters. The van der Waals surface area contributed by atoms with Gasteiger partial charge >= 0.3 is 0 Å². The highest BCUT2D eigenvalue weighted by Crippen LogP contribution is 2.27. The third-order valence-electron chi connectivity index (χ3n) is 3.77. The minimum Gasteiger partial charge on any atom is -0.493 e. The molecule has 134 valence electrons. The van der Waals surface area contributed by atoms with Crippen molar-refractivity contribution in [2.45, 2.75) is 20.0 Å². The van der Waals surface area contributed by atoms with Crippen LogP contribution in [0.2, 0.25) is 0 Å². The van der Waals surface area contributed by atoms with Gasteiger partial charge in [0.1, 0.15) is 18.1 Å². The first-order valence-corrected chi connectivity index (χ1v) is 9.17. The van der Waals surface area contributed by atoms with Gasteiger partial charge in [0.2, 0.25) is 0 Å². The van der Waals surface area contributed by atoms with Crippen molar-refractivity contribution in [3.8, 4) is 11.5 Å². The molecule has 3 rings (SSSR count). The smallest absolute Gasteiger partial charge is 0.195 e. The van der Waals surface area contributed by atoms with Crippen molar-refractivity contribution in [1.82, 2.24) is 0 Å². The first-order valence-electron chi connectivity index (χ1n) is 8.35. The Bertz CT molecular complexity index is 904. The molecule has 0 saturated carbocycles. The summed E-state index contributed by atoms with van der Waals surface area (Å²) in [7, 11) is 1.60. The SMILES string of the molecule is CCc1ccc(C(=O)/C=C/c2ccc(COc3ccccc3OC)o2)s1. The van der Waals surface area contributed by atoms with E-state index in [9.17, 15) is 4.79 Å². The summed E-state index contributed by atoms with van der Waals surface area (Å²) in [5.74, 6) is 2.60. The van der Waals surface area contributed by atoms with Crippen molar-refractivity contribution in [2.75, 3.05) is 7.11 Å². The number of carbonyl (C=O) groups is 1. The highest BCUT2D eigenvalue weighted by atomic mass is 32.1. The first-order chi connectivity index (χ1) is 12.7. The maximum atomic E-state index is 12.2. The van der Waals surface area contributed by atoms with Crippen LogP contribution in [0.4, 0.5) is 0 Å². The number of benzene rings is 1. The Balaban J connectivity index is 1.60. The molecule has 0 spiro atoms. The lowest BCUT2D eigenvalue weighted by Crippen LogP contribution is -1.96. The zero-order valence-electron chi connectivity index (χ0n) is 14.7. The largest absolute Gasteiger partial charge is 0.493 e. The van der Waals surface area contributed by atoms with E-state index >= 15 is 0 Å². The monoisotopic (exact) mass is 368 g/mol. The molecule has 2 aromatic heterocycles. The van der Waals surface area contributed by atoms with E-state index in [2.05, 4.69) is 6.92 Å². The summed E-state index contributed by atoms with van der Waals surface area (Å²) in [6.07, 6.45) is 4.16. The number of ketones is 1. The van der Waals surface area contributed by atoms with Crippen LogP contribution in [0.3, 0.4) is 0 Å². The number of para-hydroxylation sites is 2. The van der Waals surface area contributed by atoms with Crippen LogP contribution < -0.4 is 9.47 Å². The molecule has 0 saturated heterocycles. The van der Waals surface area contributed by atoms with Gasteiger partial charge in [0.05, 0.1) is 12.0 Å². The van der Waals surface area contributed by atoms with Gasteiger partial charge in [0.15, 0.2) is 17.3 Å². The van der Waals surface area contributed by atoms with Crippen LogP contribution >= 0.6 is 11.3 Å². The highest BCUT2D eigenvalue weighted by Gasteiger charge is 2.07. The molecule has 0 N–H and O–H groups in total. The topological polar surface area (TPSA) is 48.7 Å². The van der Waals surface area contributed by atoms with Gasteiger partial charge in [-0.3, -0.25) is 4.79 Å². The Morgan fingerprint density at radius 3 is 2.65 bits per heavy atom. The van der Waals surface area contributed by atoms with Gasteiger partial charge in [0, 0.05) is 4.88 Å². The lowest BCUT2D eigenvalue weighted by atomic mass is 10.2. The van der Waals surface area contributed by atoms with Gasteiger partial charge in [-0.15, -0.1) is 11.3 Å². The molecule has 5 heteroatoms. The minimum atomic E-state index is -0.0158. The second kappa shape index (κ2) is 8.54. The number of ether oxygens (including phenoxy) is 2. The maximum absolute atomic E-state index is 12.2. The average Bonchev–Trinajstić information content (AvgIpc) is 3.34. The second-order valence-corrected chi connectivity index (χ2v) is 6.73. The van der Waals surface area contributed by atoms with Crippen molar-refractivity contribution >= 4 is 23.2 Å². The summed E-state index contributed by atoms with van der Waals surface area (Å²) in [6.45, 7) is 2.36. The summed E-state index contributed by atoms with van der Waals surface area (Å²) < 4.78 is 16.7.